The summed E-state index contributed by atoms with van der Waals surface area (Å²) in [5.74, 6) is -1.23. The Kier molecular flexibility index (Phi) is 8.19. The van der Waals surface area contributed by atoms with Crippen molar-refractivity contribution in [3.63, 3.8) is 0 Å². The molecular formula is C22H20Cl2F3N3O4. The third-order valence-corrected chi connectivity index (χ3v) is 5.59. The van der Waals surface area contributed by atoms with E-state index in [2.05, 4.69) is 5.10 Å². The highest BCUT2D eigenvalue weighted by molar-refractivity contribution is 6.30. The summed E-state index contributed by atoms with van der Waals surface area (Å²) in [7, 11) is 0. The lowest BCUT2D eigenvalue weighted by Gasteiger charge is -2.15. The van der Waals surface area contributed by atoms with E-state index in [1.54, 1.807) is 24.3 Å². The number of aliphatic hydroxyl groups excluding tert-OH is 2. The van der Waals surface area contributed by atoms with Crippen molar-refractivity contribution in [3.8, 4) is 11.4 Å². The molecular weight excluding hydrogens is 498 g/mol. The maximum Gasteiger partial charge on any atom is 0.416 e. The van der Waals surface area contributed by atoms with Crippen LogP contribution in [0.1, 0.15) is 17.9 Å². The van der Waals surface area contributed by atoms with Gasteiger partial charge in [-0.05, 0) is 42.0 Å². The molecule has 2 aromatic carbocycles. The zero-order valence-corrected chi connectivity index (χ0v) is 19.1. The van der Waals surface area contributed by atoms with E-state index >= 15 is 0 Å². The smallest absolute Gasteiger partial charge is 0.396 e. The lowest BCUT2D eigenvalue weighted by atomic mass is 9.94. The molecule has 0 aliphatic heterocycles. The molecule has 0 radical (unpaired) electrons. The van der Waals surface area contributed by atoms with Gasteiger partial charge in [0.25, 0.3) is 0 Å². The maximum absolute atomic E-state index is 12.9. The van der Waals surface area contributed by atoms with Crippen molar-refractivity contribution in [1.82, 2.24) is 14.3 Å². The van der Waals surface area contributed by atoms with Crippen LogP contribution in [0.3, 0.4) is 0 Å². The molecule has 3 aromatic rings. The Morgan fingerprint density at radius 3 is 2.35 bits per heavy atom. The van der Waals surface area contributed by atoms with E-state index in [4.69, 9.17) is 23.2 Å². The topological polar surface area (TPSA) is 97.3 Å². The predicted octanol–water partition coefficient (Wildman–Crippen LogP) is 3.68. The highest BCUT2D eigenvalue weighted by Crippen LogP contribution is 2.25. The van der Waals surface area contributed by atoms with Crippen LogP contribution >= 0.6 is 23.2 Å². The first-order chi connectivity index (χ1) is 16.0. The van der Waals surface area contributed by atoms with Crippen LogP contribution in [0, 0.1) is 0 Å². The van der Waals surface area contributed by atoms with Gasteiger partial charge in [-0.25, -0.2) is 9.48 Å². The number of aromatic nitrogens is 3. The molecule has 34 heavy (non-hydrogen) atoms. The minimum absolute atomic E-state index is 0.155. The molecule has 0 unspecified atom stereocenters. The molecule has 12 heteroatoms. The summed E-state index contributed by atoms with van der Waals surface area (Å²) in [5.41, 5.74) is -0.101. The van der Waals surface area contributed by atoms with Gasteiger partial charge in [-0.3, -0.25) is 9.36 Å². The number of nitrogens with zero attached hydrogens (tertiary/aromatic N) is 3. The highest BCUT2D eigenvalue weighted by atomic mass is 35.5. The number of hydrogen-bond acceptors (Lipinski definition) is 5. The highest BCUT2D eigenvalue weighted by Gasteiger charge is 2.39. The summed E-state index contributed by atoms with van der Waals surface area (Å²) in [6, 6.07) is 12.4. The monoisotopic (exact) mass is 517 g/mol. The fraction of sp³-hybridized carbons (Fsp3) is 0.318. The molecule has 3 rings (SSSR count). The molecule has 0 amide bonds. The Balaban J connectivity index is 1.90. The van der Waals surface area contributed by atoms with Crippen LogP contribution in [-0.2, 0) is 17.9 Å². The number of alkyl halides is 3. The normalized spacial score (nSPS) is 13.6. The van der Waals surface area contributed by atoms with Gasteiger partial charge in [0.2, 0.25) is 0 Å². The summed E-state index contributed by atoms with van der Waals surface area (Å²) in [5, 5.41) is 24.1. The van der Waals surface area contributed by atoms with E-state index in [1.807, 2.05) is 0 Å². The average Bonchev–Trinajstić information content (AvgIpc) is 3.07. The number of ketones is 1. The van der Waals surface area contributed by atoms with Gasteiger partial charge in [0, 0.05) is 27.9 Å². The van der Waals surface area contributed by atoms with Crippen LogP contribution in [0.4, 0.5) is 13.2 Å². The van der Waals surface area contributed by atoms with Crippen molar-refractivity contribution in [2.24, 2.45) is 0 Å². The van der Waals surface area contributed by atoms with E-state index in [0.29, 0.717) is 20.2 Å². The second-order valence-electron chi connectivity index (χ2n) is 7.62. The van der Waals surface area contributed by atoms with Crippen LogP contribution in [0.2, 0.25) is 10.0 Å². The lowest BCUT2D eigenvalue weighted by molar-refractivity contribution is -0.207. The third-order valence-electron chi connectivity index (χ3n) is 5.10. The maximum atomic E-state index is 12.9. The molecule has 0 aliphatic rings. The Morgan fingerprint density at radius 2 is 1.76 bits per heavy atom. The van der Waals surface area contributed by atoms with Gasteiger partial charge in [0.15, 0.2) is 17.7 Å². The molecule has 0 spiro atoms. The van der Waals surface area contributed by atoms with Crippen molar-refractivity contribution in [1.29, 1.82) is 0 Å². The van der Waals surface area contributed by atoms with Gasteiger partial charge in [0.05, 0.1) is 13.2 Å². The second kappa shape index (κ2) is 10.7. The van der Waals surface area contributed by atoms with Crippen LogP contribution in [0.25, 0.3) is 11.4 Å². The molecule has 0 saturated heterocycles. The third kappa shape index (κ3) is 6.26. The van der Waals surface area contributed by atoms with E-state index in [0.717, 1.165) is 4.68 Å². The predicted molar refractivity (Wildman–Crippen MR) is 120 cm³/mol. The summed E-state index contributed by atoms with van der Waals surface area (Å²) >= 11 is 11.8. The second-order valence-corrected chi connectivity index (χ2v) is 8.49. The van der Waals surface area contributed by atoms with E-state index < -0.39 is 42.8 Å². The van der Waals surface area contributed by atoms with Crippen LogP contribution < -0.4 is 5.69 Å². The fourth-order valence-electron chi connectivity index (χ4n) is 3.35. The first-order valence-corrected chi connectivity index (χ1v) is 10.8. The standard InChI is InChI=1S/C22H20Cl2F3N3O4/c23-16-6-4-13(5-7-16)20-28-30(21(34)29(20)11-19(33)22(25,26)27)10-18(32)9-15(12-31)14-2-1-3-17(24)8-14/h1-8,15,19,31,33H,9-12H2/t15-,19-/m0/s1. The van der Waals surface area contributed by atoms with Gasteiger partial charge < -0.3 is 10.2 Å². The summed E-state index contributed by atoms with van der Waals surface area (Å²) in [6.45, 7) is -1.99. The van der Waals surface area contributed by atoms with Crippen LogP contribution in [0.5, 0.6) is 0 Å². The molecule has 1 heterocycles. The van der Waals surface area contributed by atoms with Crippen LogP contribution in [-0.4, -0.2) is 49.2 Å². The van der Waals surface area contributed by atoms with Crippen LogP contribution in [0.15, 0.2) is 53.3 Å². The summed E-state index contributed by atoms with van der Waals surface area (Å²) in [4.78, 5) is 25.5. The number of carbonyl (C=O) groups is 1. The molecule has 0 fully saturated rings. The molecule has 0 saturated carbocycles. The molecule has 0 aliphatic carbocycles. The largest absolute Gasteiger partial charge is 0.416 e. The van der Waals surface area contributed by atoms with Crippen molar-refractivity contribution in [2.45, 2.75) is 37.7 Å². The number of benzene rings is 2. The van der Waals surface area contributed by atoms with E-state index in [1.165, 1.54) is 24.3 Å². The zero-order chi connectivity index (χ0) is 25.0. The first kappa shape index (κ1) is 26.0. The fourth-order valence-corrected chi connectivity index (χ4v) is 3.68. The zero-order valence-electron chi connectivity index (χ0n) is 17.5. The Labute approximate surface area is 202 Å². The minimum atomic E-state index is -4.96. The van der Waals surface area contributed by atoms with Gasteiger partial charge in [-0.2, -0.15) is 13.2 Å². The van der Waals surface area contributed by atoms with Gasteiger partial charge in [-0.1, -0.05) is 35.3 Å². The molecule has 0 bridgehead atoms. The Hall–Kier alpha value is -2.66. The summed E-state index contributed by atoms with van der Waals surface area (Å²) in [6.07, 6.45) is -7.93. The van der Waals surface area contributed by atoms with E-state index in [-0.39, 0.29) is 24.4 Å². The minimum Gasteiger partial charge on any atom is -0.396 e. The van der Waals surface area contributed by atoms with E-state index in [9.17, 15) is 33.0 Å². The molecule has 1 aromatic heterocycles. The molecule has 7 nitrogen and oxygen atoms in total. The van der Waals surface area contributed by atoms with Gasteiger partial charge in [0.1, 0.15) is 6.54 Å². The number of Topliss-reactive ketones (excluding diaryl/α,β-unsaturated/α-hetero) is 1. The number of aliphatic hydroxyl groups is 2. The molecule has 2 N–H and O–H groups in total. The van der Waals surface area contributed by atoms with Crippen molar-refractivity contribution < 1.29 is 28.2 Å². The summed E-state index contributed by atoms with van der Waals surface area (Å²) < 4.78 is 40.2. The number of rotatable bonds is 9. The molecule has 2 atom stereocenters. The number of halogens is 5. The first-order valence-electron chi connectivity index (χ1n) is 10.1. The number of hydrogen-bond donors (Lipinski definition) is 2. The lowest BCUT2D eigenvalue weighted by Crippen LogP contribution is -2.37. The van der Waals surface area contributed by atoms with Gasteiger partial charge >= 0.3 is 11.9 Å². The average molecular weight is 518 g/mol. The SMILES string of the molecule is O=C(C[C@@H](CO)c1cccc(Cl)c1)Cn1nc(-c2ccc(Cl)cc2)n(C[C@H](O)C(F)(F)F)c1=O. The Morgan fingerprint density at radius 1 is 1.09 bits per heavy atom. The quantitative estimate of drug-likeness (QED) is 0.451. The van der Waals surface area contributed by atoms with Crippen molar-refractivity contribution >= 4 is 29.0 Å². The molecule has 182 valence electrons. The number of carbonyl (C=O) groups excluding carboxylic acids is 1. The van der Waals surface area contributed by atoms with Crippen molar-refractivity contribution in [2.75, 3.05) is 6.61 Å². The Bertz CT molecular complexity index is 1210. The van der Waals surface area contributed by atoms with Gasteiger partial charge in [-0.15, -0.1) is 5.10 Å². The van der Waals surface area contributed by atoms with Crippen molar-refractivity contribution in [3.05, 3.63) is 74.6 Å².